The highest BCUT2D eigenvalue weighted by atomic mass is 16.3. The zero-order chi connectivity index (χ0) is 9.56. The van der Waals surface area contributed by atoms with Crippen molar-refractivity contribution in [2.24, 2.45) is 17.8 Å². The van der Waals surface area contributed by atoms with E-state index in [-0.39, 0.29) is 0 Å². The minimum atomic E-state index is 0.351. The van der Waals surface area contributed by atoms with Crippen LogP contribution in [0.1, 0.15) is 47.0 Å². The summed E-state index contributed by atoms with van der Waals surface area (Å²) in [6.07, 6.45) is 3.51. The summed E-state index contributed by atoms with van der Waals surface area (Å²) >= 11 is 0. The Kier molecular flexibility index (Phi) is 6.45. The van der Waals surface area contributed by atoms with E-state index in [0.29, 0.717) is 6.61 Å². The maximum atomic E-state index is 8.86. The first-order valence-electron chi connectivity index (χ1n) is 5.17. The minimum Gasteiger partial charge on any atom is -0.396 e. The van der Waals surface area contributed by atoms with Gasteiger partial charge in [0.25, 0.3) is 0 Å². The molecule has 0 atom stereocenters. The summed E-state index contributed by atoms with van der Waals surface area (Å²) in [5, 5.41) is 8.86. The molecule has 74 valence electrons. The maximum Gasteiger partial charge on any atom is 0.0433 e. The Balaban J connectivity index is 3.69. The normalized spacial score (nSPS) is 12.0. The van der Waals surface area contributed by atoms with Crippen molar-refractivity contribution in [2.45, 2.75) is 47.0 Å². The van der Waals surface area contributed by atoms with Gasteiger partial charge in [-0.3, -0.25) is 0 Å². The standard InChI is InChI=1S/C11H24O/c1-9(2)7-11(5-6-12)8-10(3)4/h9-12H,5-8H2,1-4H3. The fourth-order valence-electron chi connectivity index (χ4n) is 1.85. The van der Waals surface area contributed by atoms with E-state index < -0.39 is 0 Å². The summed E-state index contributed by atoms with van der Waals surface area (Å²) < 4.78 is 0. The fourth-order valence-corrected chi connectivity index (χ4v) is 1.85. The Hall–Kier alpha value is -0.0400. The summed E-state index contributed by atoms with van der Waals surface area (Å²) in [6, 6.07) is 0. The van der Waals surface area contributed by atoms with Gasteiger partial charge in [0.2, 0.25) is 0 Å². The van der Waals surface area contributed by atoms with Gasteiger partial charge in [-0.1, -0.05) is 27.7 Å². The number of rotatable bonds is 6. The molecule has 0 spiro atoms. The number of aliphatic hydroxyl groups excluding tert-OH is 1. The van der Waals surface area contributed by atoms with Gasteiger partial charge in [-0.05, 0) is 37.0 Å². The van der Waals surface area contributed by atoms with E-state index in [9.17, 15) is 0 Å². The highest BCUT2D eigenvalue weighted by Crippen LogP contribution is 2.22. The van der Waals surface area contributed by atoms with Crippen LogP contribution < -0.4 is 0 Å². The van der Waals surface area contributed by atoms with Crippen molar-refractivity contribution < 1.29 is 5.11 Å². The van der Waals surface area contributed by atoms with Crippen LogP contribution in [-0.2, 0) is 0 Å². The van der Waals surface area contributed by atoms with Crippen LogP contribution in [0.5, 0.6) is 0 Å². The second-order valence-electron chi connectivity index (χ2n) is 4.64. The molecule has 0 aromatic heterocycles. The van der Waals surface area contributed by atoms with E-state index in [4.69, 9.17) is 5.11 Å². The van der Waals surface area contributed by atoms with Crippen molar-refractivity contribution in [2.75, 3.05) is 6.61 Å². The van der Waals surface area contributed by atoms with Crippen molar-refractivity contribution in [1.29, 1.82) is 0 Å². The lowest BCUT2D eigenvalue weighted by Gasteiger charge is -2.19. The quantitative estimate of drug-likeness (QED) is 0.653. The monoisotopic (exact) mass is 172 g/mol. The van der Waals surface area contributed by atoms with Gasteiger partial charge in [0.1, 0.15) is 0 Å². The zero-order valence-corrected chi connectivity index (χ0v) is 9.01. The second kappa shape index (κ2) is 6.47. The van der Waals surface area contributed by atoms with Crippen LogP contribution in [0.4, 0.5) is 0 Å². The molecule has 0 heterocycles. The Morgan fingerprint density at radius 2 is 1.33 bits per heavy atom. The first kappa shape index (κ1) is 12.0. The molecule has 0 saturated heterocycles. The molecule has 0 aliphatic rings. The van der Waals surface area contributed by atoms with Crippen LogP contribution in [-0.4, -0.2) is 11.7 Å². The third-order valence-electron chi connectivity index (χ3n) is 2.15. The van der Waals surface area contributed by atoms with Crippen LogP contribution >= 0.6 is 0 Å². The molecule has 0 aromatic rings. The number of aliphatic hydroxyl groups is 1. The summed E-state index contributed by atoms with van der Waals surface area (Å²) in [5.74, 6) is 2.26. The van der Waals surface area contributed by atoms with E-state index in [2.05, 4.69) is 27.7 Å². The molecule has 0 rings (SSSR count). The molecule has 1 heteroatoms. The molecular weight excluding hydrogens is 148 g/mol. The number of hydrogen-bond acceptors (Lipinski definition) is 1. The van der Waals surface area contributed by atoms with E-state index in [0.717, 1.165) is 24.2 Å². The van der Waals surface area contributed by atoms with Crippen LogP contribution in [0.3, 0.4) is 0 Å². The molecule has 0 saturated carbocycles. The molecule has 0 fully saturated rings. The molecule has 0 radical (unpaired) electrons. The van der Waals surface area contributed by atoms with Gasteiger partial charge in [-0.15, -0.1) is 0 Å². The molecule has 0 bridgehead atoms. The minimum absolute atomic E-state index is 0.351. The summed E-state index contributed by atoms with van der Waals surface area (Å²) in [7, 11) is 0. The Morgan fingerprint density at radius 1 is 0.917 bits per heavy atom. The lowest BCUT2D eigenvalue weighted by atomic mass is 9.87. The molecular formula is C11H24O. The third-order valence-corrected chi connectivity index (χ3v) is 2.15. The molecule has 1 N–H and O–H groups in total. The van der Waals surface area contributed by atoms with E-state index in [1.165, 1.54) is 12.8 Å². The van der Waals surface area contributed by atoms with Gasteiger partial charge in [-0.25, -0.2) is 0 Å². The SMILES string of the molecule is CC(C)CC(CCO)CC(C)C. The average molecular weight is 172 g/mol. The Bertz CT molecular complexity index is 87.2. The fraction of sp³-hybridized carbons (Fsp3) is 1.00. The predicted molar refractivity (Wildman–Crippen MR) is 54.1 cm³/mol. The summed E-state index contributed by atoms with van der Waals surface area (Å²) in [5.41, 5.74) is 0. The molecule has 1 nitrogen and oxygen atoms in total. The van der Waals surface area contributed by atoms with Gasteiger partial charge < -0.3 is 5.11 Å². The number of hydrogen-bond donors (Lipinski definition) is 1. The Labute approximate surface area is 77.2 Å². The van der Waals surface area contributed by atoms with Crippen molar-refractivity contribution in [3.8, 4) is 0 Å². The highest BCUT2D eigenvalue weighted by molar-refractivity contribution is 4.63. The van der Waals surface area contributed by atoms with Gasteiger partial charge >= 0.3 is 0 Å². The summed E-state index contributed by atoms with van der Waals surface area (Å²) in [4.78, 5) is 0. The van der Waals surface area contributed by atoms with E-state index in [1.807, 2.05) is 0 Å². The topological polar surface area (TPSA) is 20.2 Å². The largest absolute Gasteiger partial charge is 0.396 e. The van der Waals surface area contributed by atoms with Crippen LogP contribution in [0.25, 0.3) is 0 Å². The first-order valence-corrected chi connectivity index (χ1v) is 5.17. The molecule has 12 heavy (non-hydrogen) atoms. The lowest BCUT2D eigenvalue weighted by molar-refractivity contribution is 0.226. The van der Waals surface area contributed by atoms with E-state index in [1.54, 1.807) is 0 Å². The third kappa shape index (κ3) is 6.66. The second-order valence-corrected chi connectivity index (χ2v) is 4.64. The van der Waals surface area contributed by atoms with Crippen molar-refractivity contribution in [3.05, 3.63) is 0 Å². The molecule has 0 amide bonds. The van der Waals surface area contributed by atoms with Gasteiger partial charge in [-0.2, -0.15) is 0 Å². The zero-order valence-electron chi connectivity index (χ0n) is 9.01. The van der Waals surface area contributed by atoms with Gasteiger partial charge in [0, 0.05) is 6.61 Å². The lowest BCUT2D eigenvalue weighted by Crippen LogP contribution is -2.09. The van der Waals surface area contributed by atoms with Crippen molar-refractivity contribution >= 4 is 0 Å². The van der Waals surface area contributed by atoms with Crippen molar-refractivity contribution in [1.82, 2.24) is 0 Å². The average Bonchev–Trinajstić information content (AvgIpc) is 1.84. The maximum absolute atomic E-state index is 8.86. The Morgan fingerprint density at radius 3 is 1.58 bits per heavy atom. The molecule has 0 aliphatic carbocycles. The molecule has 0 unspecified atom stereocenters. The van der Waals surface area contributed by atoms with Crippen LogP contribution in [0.15, 0.2) is 0 Å². The van der Waals surface area contributed by atoms with Crippen LogP contribution in [0, 0.1) is 17.8 Å². The first-order chi connectivity index (χ1) is 5.56. The molecule has 0 aromatic carbocycles. The molecule has 0 aliphatic heterocycles. The van der Waals surface area contributed by atoms with E-state index >= 15 is 0 Å². The van der Waals surface area contributed by atoms with Gasteiger partial charge in [0.05, 0.1) is 0 Å². The smallest absolute Gasteiger partial charge is 0.0433 e. The van der Waals surface area contributed by atoms with Gasteiger partial charge in [0.15, 0.2) is 0 Å². The highest BCUT2D eigenvalue weighted by Gasteiger charge is 2.11. The predicted octanol–water partition coefficient (Wildman–Crippen LogP) is 3.08. The van der Waals surface area contributed by atoms with Crippen molar-refractivity contribution in [3.63, 3.8) is 0 Å². The summed E-state index contributed by atoms with van der Waals surface area (Å²) in [6.45, 7) is 9.37. The van der Waals surface area contributed by atoms with Crippen LogP contribution in [0.2, 0.25) is 0 Å².